The van der Waals surface area contributed by atoms with Gasteiger partial charge in [-0.05, 0) is 51.4 Å². The molecule has 2 N–H and O–H groups in total. The van der Waals surface area contributed by atoms with Crippen molar-refractivity contribution in [1.82, 2.24) is 20.4 Å². The Kier molecular flexibility index (Phi) is 9.65. The molecule has 0 spiro atoms. The van der Waals surface area contributed by atoms with Crippen LogP contribution in [0.4, 0.5) is 0 Å². The molecule has 0 aromatic heterocycles. The van der Waals surface area contributed by atoms with Crippen molar-refractivity contribution in [3.8, 4) is 0 Å². The zero-order chi connectivity index (χ0) is 17.1. The van der Waals surface area contributed by atoms with Crippen LogP contribution in [-0.4, -0.2) is 73.0 Å². The minimum Gasteiger partial charge on any atom is -0.353 e. The standard InChI is InChI=1S/C18H32N4O2.2ClH/c1-3-21-8-4-5-15(21)12-22-11-14(9-17(22)23)18(24)20-16-6-7-19-10-13(16)2;;/h13-16,19H,3-12H2,1-2H3,(H,20,24);2*1H. The fourth-order valence-corrected chi connectivity index (χ4v) is 4.43. The molecule has 2 amide bonds. The Morgan fingerprint density at radius 2 is 2.08 bits per heavy atom. The molecule has 3 saturated heterocycles. The molecule has 0 radical (unpaired) electrons. The molecule has 3 fully saturated rings. The zero-order valence-electron chi connectivity index (χ0n) is 15.9. The van der Waals surface area contributed by atoms with Crippen molar-refractivity contribution in [3.05, 3.63) is 0 Å². The van der Waals surface area contributed by atoms with Crippen molar-refractivity contribution >= 4 is 36.6 Å². The van der Waals surface area contributed by atoms with Crippen LogP contribution in [-0.2, 0) is 9.59 Å². The van der Waals surface area contributed by atoms with E-state index in [1.807, 2.05) is 4.90 Å². The number of likely N-dealkylation sites (tertiary alicyclic amines) is 2. The van der Waals surface area contributed by atoms with E-state index in [0.717, 1.165) is 39.1 Å². The van der Waals surface area contributed by atoms with Crippen molar-refractivity contribution in [2.75, 3.05) is 39.3 Å². The summed E-state index contributed by atoms with van der Waals surface area (Å²) in [5, 5.41) is 6.55. The molecular weight excluding hydrogens is 375 g/mol. The number of carbonyl (C=O) groups excluding carboxylic acids is 2. The summed E-state index contributed by atoms with van der Waals surface area (Å²) in [6.07, 6.45) is 3.74. The van der Waals surface area contributed by atoms with Gasteiger partial charge in [0.25, 0.3) is 0 Å². The average Bonchev–Trinajstić information content (AvgIpc) is 3.17. The Hall–Kier alpha value is -0.560. The molecule has 0 aromatic rings. The van der Waals surface area contributed by atoms with Gasteiger partial charge in [0.05, 0.1) is 5.92 Å². The number of carbonyl (C=O) groups is 2. The van der Waals surface area contributed by atoms with Gasteiger partial charge in [-0.1, -0.05) is 13.8 Å². The minimum atomic E-state index is -0.170. The molecule has 0 aliphatic carbocycles. The van der Waals surface area contributed by atoms with Crippen LogP contribution in [0.25, 0.3) is 0 Å². The highest BCUT2D eigenvalue weighted by molar-refractivity contribution is 5.89. The van der Waals surface area contributed by atoms with Crippen molar-refractivity contribution < 1.29 is 9.59 Å². The highest BCUT2D eigenvalue weighted by atomic mass is 35.5. The number of likely N-dealkylation sites (N-methyl/N-ethyl adjacent to an activating group) is 1. The number of nitrogens with one attached hydrogen (secondary N) is 2. The molecule has 0 aromatic carbocycles. The van der Waals surface area contributed by atoms with Crippen LogP contribution in [0.1, 0.15) is 39.5 Å². The predicted octanol–water partition coefficient (Wildman–Crippen LogP) is 1.28. The summed E-state index contributed by atoms with van der Waals surface area (Å²) in [5.74, 6) is 0.503. The van der Waals surface area contributed by atoms with Crippen LogP contribution in [0.5, 0.6) is 0 Å². The predicted molar refractivity (Wildman–Crippen MR) is 108 cm³/mol. The summed E-state index contributed by atoms with van der Waals surface area (Å²) >= 11 is 0. The molecule has 3 rings (SSSR count). The first kappa shape index (κ1) is 23.5. The van der Waals surface area contributed by atoms with E-state index in [2.05, 4.69) is 29.4 Å². The Morgan fingerprint density at radius 1 is 1.31 bits per heavy atom. The smallest absolute Gasteiger partial charge is 0.225 e. The lowest BCUT2D eigenvalue weighted by Gasteiger charge is -2.31. The van der Waals surface area contributed by atoms with E-state index in [1.165, 1.54) is 12.8 Å². The van der Waals surface area contributed by atoms with Crippen LogP contribution in [0.15, 0.2) is 0 Å². The Bertz CT molecular complexity index is 480. The molecule has 3 aliphatic rings. The lowest BCUT2D eigenvalue weighted by molar-refractivity contribution is -0.129. The molecular formula is C18H34Cl2N4O2. The fourth-order valence-electron chi connectivity index (χ4n) is 4.43. The second-order valence-electron chi connectivity index (χ2n) is 7.71. The second kappa shape index (κ2) is 10.7. The molecule has 6 nitrogen and oxygen atoms in total. The maximum Gasteiger partial charge on any atom is 0.225 e. The van der Waals surface area contributed by atoms with Crippen LogP contribution < -0.4 is 10.6 Å². The minimum absolute atomic E-state index is 0. The van der Waals surface area contributed by atoms with E-state index in [0.29, 0.717) is 24.9 Å². The molecule has 4 atom stereocenters. The van der Waals surface area contributed by atoms with E-state index >= 15 is 0 Å². The SMILES string of the molecule is CCN1CCCC1CN1CC(C(=O)NC2CCNCC2C)CC1=O.Cl.Cl. The largest absolute Gasteiger partial charge is 0.353 e. The normalized spacial score (nSPS) is 32.1. The van der Waals surface area contributed by atoms with Gasteiger partial charge in [-0.3, -0.25) is 14.5 Å². The van der Waals surface area contributed by atoms with Crippen LogP contribution >= 0.6 is 24.8 Å². The first-order chi connectivity index (χ1) is 11.6. The van der Waals surface area contributed by atoms with Gasteiger partial charge in [0, 0.05) is 31.6 Å². The lowest BCUT2D eigenvalue weighted by atomic mass is 9.94. The molecule has 4 unspecified atom stereocenters. The third kappa shape index (κ3) is 5.47. The first-order valence-electron chi connectivity index (χ1n) is 9.61. The molecule has 0 saturated carbocycles. The summed E-state index contributed by atoms with van der Waals surface area (Å²) in [7, 11) is 0. The van der Waals surface area contributed by atoms with E-state index in [-0.39, 0.29) is 48.6 Å². The summed E-state index contributed by atoms with van der Waals surface area (Å²) in [5.41, 5.74) is 0. The fraction of sp³-hybridized carbons (Fsp3) is 0.889. The Balaban J connectivity index is 0.00000169. The number of piperidine rings is 1. The number of halogens is 2. The van der Waals surface area contributed by atoms with Gasteiger partial charge in [-0.25, -0.2) is 0 Å². The van der Waals surface area contributed by atoms with E-state index in [4.69, 9.17) is 0 Å². The van der Waals surface area contributed by atoms with E-state index in [9.17, 15) is 9.59 Å². The van der Waals surface area contributed by atoms with Crippen molar-refractivity contribution in [2.45, 2.75) is 51.6 Å². The van der Waals surface area contributed by atoms with Crippen LogP contribution in [0, 0.1) is 11.8 Å². The van der Waals surface area contributed by atoms with Gasteiger partial charge >= 0.3 is 0 Å². The number of hydrogen-bond acceptors (Lipinski definition) is 4. The third-order valence-electron chi connectivity index (χ3n) is 6.03. The van der Waals surface area contributed by atoms with E-state index < -0.39 is 0 Å². The summed E-state index contributed by atoms with van der Waals surface area (Å²) < 4.78 is 0. The number of nitrogens with zero attached hydrogens (tertiary/aromatic N) is 2. The van der Waals surface area contributed by atoms with Crippen molar-refractivity contribution in [2.24, 2.45) is 11.8 Å². The quantitative estimate of drug-likeness (QED) is 0.718. The first-order valence-corrected chi connectivity index (χ1v) is 9.61. The Labute approximate surface area is 169 Å². The molecule has 26 heavy (non-hydrogen) atoms. The maximum absolute atomic E-state index is 12.6. The average molecular weight is 409 g/mol. The van der Waals surface area contributed by atoms with Gasteiger partial charge < -0.3 is 15.5 Å². The number of hydrogen-bond donors (Lipinski definition) is 2. The van der Waals surface area contributed by atoms with Gasteiger partial charge in [-0.2, -0.15) is 0 Å². The number of amides is 2. The van der Waals surface area contributed by atoms with Gasteiger partial charge in [0.1, 0.15) is 0 Å². The van der Waals surface area contributed by atoms with Gasteiger partial charge in [0.2, 0.25) is 11.8 Å². The van der Waals surface area contributed by atoms with Gasteiger partial charge in [0.15, 0.2) is 0 Å². The van der Waals surface area contributed by atoms with E-state index in [1.54, 1.807) is 0 Å². The molecule has 0 bridgehead atoms. The summed E-state index contributed by atoms with van der Waals surface area (Å²) in [6, 6.07) is 0.721. The topological polar surface area (TPSA) is 64.7 Å². The Morgan fingerprint density at radius 3 is 2.77 bits per heavy atom. The lowest BCUT2D eigenvalue weighted by Crippen LogP contribution is -2.50. The van der Waals surface area contributed by atoms with Gasteiger partial charge in [-0.15, -0.1) is 24.8 Å². The summed E-state index contributed by atoms with van der Waals surface area (Å²) in [4.78, 5) is 29.3. The zero-order valence-corrected chi connectivity index (χ0v) is 17.5. The maximum atomic E-state index is 12.6. The monoisotopic (exact) mass is 408 g/mol. The van der Waals surface area contributed by atoms with Crippen LogP contribution in [0.3, 0.4) is 0 Å². The molecule has 152 valence electrons. The van der Waals surface area contributed by atoms with Crippen molar-refractivity contribution in [1.29, 1.82) is 0 Å². The third-order valence-corrected chi connectivity index (χ3v) is 6.03. The molecule has 3 aliphatic heterocycles. The van der Waals surface area contributed by atoms with Crippen molar-refractivity contribution in [3.63, 3.8) is 0 Å². The molecule has 3 heterocycles. The molecule has 8 heteroatoms. The second-order valence-corrected chi connectivity index (χ2v) is 7.71. The number of rotatable bonds is 5. The van der Waals surface area contributed by atoms with Crippen LogP contribution in [0.2, 0.25) is 0 Å². The highest BCUT2D eigenvalue weighted by Crippen LogP contribution is 2.24. The highest BCUT2D eigenvalue weighted by Gasteiger charge is 2.37. The summed E-state index contributed by atoms with van der Waals surface area (Å²) in [6.45, 7) is 9.83.